The third-order valence-electron chi connectivity index (χ3n) is 2.82. The van der Waals surface area contributed by atoms with Gasteiger partial charge in [0.1, 0.15) is 0 Å². The van der Waals surface area contributed by atoms with Crippen LogP contribution in [0.3, 0.4) is 0 Å². The van der Waals surface area contributed by atoms with Crippen molar-refractivity contribution in [3.63, 3.8) is 0 Å². The molecule has 0 heterocycles. The van der Waals surface area contributed by atoms with Crippen LogP contribution < -0.4 is 0 Å². The van der Waals surface area contributed by atoms with E-state index in [2.05, 4.69) is 0 Å². The lowest BCUT2D eigenvalue weighted by molar-refractivity contribution is -0.158. The van der Waals surface area contributed by atoms with Gasteiger partial charge in [0.2, 0.25) is 0 Å². The van der Waals surface area contributed by atoms with E-state index in [1.54, 1.807) is 0 Å². The van der Waals surface area contributed by atoms with Crippen LogP contribution in [0.1, 0.15) is 26.2 Å². The fourth-order valence-electron chi connectivity index (χ4n) is 2.11. The summed E-state index contributed by atoms with van der Waals surface area (Å²) >= 11 is 0. The lowest BCUT2D eigenvalue weighted by atomic mass is 9.73. The van der Waals surface area contributed by atoms with E-state index in [0.717, 1.165) is 12.8 Å². The van der Waals surface area contributed by atoms with Crippen LogP contribution >= 0.6 is 0 Å². The van der Waals surface area contributed by atoms with Gasteiger partial charge in [0, 0.05) is 0 Å². The summed E-state index contributed by atoms with van der Waals surface area (Å²) in [6.45, 7) is 1.81. The zero-order valence-corrected chi connectivity index (χ0v) is 7.56. The van der Waals surface area contributed by atoms with E-state index in [-0.39, 0.29) is 5.92 Å². The second-order valence-electron chi connectivity index (χ2n) is 3.72. The Balaban J connectivity index is 2.80. The third kappa shape index (κ3) is 1.99. The number of carboxylic acids is 2. The van der Waals surface area contributed by atoms with E-state index in [4.69, 9.17) is 10.2 Å². The van der Waals surface area contributed by atoms with Crippen LogP contribution in [0.5, 0.6) is 0 Å². The molecule has 0 bridgehead atoms. The van der Waals surface area contributed by atoms with Gasteiger partial charge in [-0.1, -0.05) is 13.3 Å². The lowest BCUT2D eigenvalue weighted by Crippen LogP contribution is -2.37. The Bertz CT molecular complexity index is 224. The van der Waals surface area contributed by atoms with Crippen molar-refractivity contribution >= 4 is 11.9 Å². The summed E-state index contributed by atoms with van der Waals surface area (Å²) in [5.74, 6) is -3.36. The van der Waals surface area contributed by atoms with Gasteiger partial charge in [0.15, 0.2) is 0 Å². The molecule has 0 amide bonds. The maximum Gasteiger partial charge on any atom is 0.307 e. The zero-order valence-electron chi connectivity index (χ0n) is 7.56. The first kappa shape index (κ1) is 10.0. The van der Waals surface area contributed by atoms with Crippen LogP contribution in [0.25, 0.3) is 0 Å². The number of carbonyl (C=O) groups is 2. The summed E-state index contributed by atoms with van der Waals surface area (Å²) < 4.78 is 0. The summed E-state index contributed by atoms with van der Waals surface area (Å²) in [6.07, 6.45) is 2.14. The summed E-state index contributed by atoms with van der Waals surface area (Å²) in [5, 5.41) is 17.7. The largest absolute Gasteiger partial charge is 0.481 e. The molecule has 1 aliphatic carbocycles. The van der Waals surface area contributed by atoms with Crippen LogP contribution in [0, 0.1) is 17.8 Å². The maximum atomic E-state index is 10.8. The maximum absolute atomic E-state index is 10.8. The molecular formula is C9H14O4. The number of rotatable bonds is 2. The highest BCUT2D eigenvalue weighted by atomic mass is 16.4. The first-order valence-electron chi connectivity index (χ1n) is 4.49. The van der Waals surface area contributed by atoms with Crippen molar-refractivity contribution in [2.24, 2.45) is 17.8 Å². The number of carboxylic acid groups (broad SMARTS) is 2. The van der Waals surface area contributed by atoms with Crippen molar-refractivity contribution in [3.05, 3.63) is 0 Å². The molecule has 4 heteroatoms. The predicted molar refractivity (Wildman–Crippen MR) is 45.3 cm³/mol. The number of hydrogen-bond acceptors (Lipinski definition) is 2. The van der Waals surface area contributed by atoms with Crippen molar-refractivity contribution in [1.29, 1.82) is 0 Å². The van der Waals surface area contributed by atoms with Gasteiger partial charge in [-0.15, -0.1) is 0 Å². The molecule has 0 saturated heterocycles. The molecule has 74 valence electrons. The van der Waals surface area contributed by atoms with Gasteiger partial charge in [0.25, 0.3) is 0 Å². The number of hydrogen-bond donors (Lipinski definition) is 2. The fraction of sp³-hybridized carbons (Fsp3) is 0.778. The van der Waals surface area contributed by atoms with E-state index >= 15 is 0 Å². The Hall–Kier alpha value is -1.06. The highest BCUT2D eigenvalue weighted by molar-refractivity contribution is 5.80. The molecule has 1 fully saturated rings. The van der Waals surface area contributed by atoms with Gasteiger partial charge in [-0.2, -0.15) is 0 Å². The Labute approximate surface area is 76.6 Å². The highest BCUT2D eigenvalue weighted by Crippen LogP contribution is 2.34. The van der Waals surface area contributed by atoms with Gasteiger partial charge in [-0.25, -0.2) is 0 Å². The molecule has 13 heavy (non-hydrogen) atoms. The molecule has 4 nitrogen and oxygen atoms in total. The Morgan fingerprint density at radius 3 is 2.15 bits per heavy atom. The monoisotopic (exact) mass is 186 g/mol. The Morgan fingerprint density at radius 1 is 1.15 bits per heavy atom. The number of aliphatic carboxylic acids is 2. The molecule has 1 saturated carbocycles. The van der Waals surface area contributed by atoms with Crippen LogP contribution in [-0.4, -0.2) is 22.2 Å². The van der Waals surface area contributed by atoms with E-state index in [9.17, 15) is 9.59 Å². The minimum Gasteiger partial charge on any atom is -0.481 e. The first-order valence-corrected chi connectivity index (χ1v) is 4.49. The van der Waals surface area contributed by atoms with Crippen LogP contribution in [0.2, 0.25) is 0 Å². The van der Waals surface area contributed by atoms with Gasteiger partial charge in [-0.05, 0) is 18.8 Å². The Morgan fingerprint density at radius 2 is 1.77 bits per heavy atom. The molecule has 0 aromatic carbocycles. The molecule has 1 aliphatic rings. The first-order chi connectivity index (χ1) is 6.04. The van der Waals surface area contributed by atoms with Crippen molar-refractivity contribution in [3.8, 4) is 0 Å². The predicted octanol–water partition coefficient (Wildman–Crippen LogP) is 1.21. The minimum absolute atomic E-state index is 0.0210. The van der Waals surface area contributed by atoms with Gasteiger partial charge in [-0.3, -0.25) is 9.59 Å². The fourth-order valence-corrected chi connectivity index (χ4v) is 2.11. The smallest absolute Gasteiger partial charge is 0.307 e. The molecular weight excluding hydrogens is 172 g/mol. The van der Waals surface area contributed by atoms with E-state index in [1.165, 1.54) is 0 Å². The van der Waals surface area contributed by atoms with Crippen LogP contribution in [0.4, 0.5) is 0 Å². The standard InChI is InChI=1S/C9H14O4/c1-5-3-2-4-6(8(10)11)7(5)9(12)13/h5-7H,2-4H2,1H3,(H,10,11)(H,12,13)/t5-,6+,7-/m1/s1. The zero-order chi connectivity index (χ0) is 10.0. The van der Waals surface area contributed by atoms with Crippen molar-refractivity contribution in [2.45, 2.75) is 26.2 Å². The van der Waals surface area contributed by atoms with E-state index in [1.807, 2.05) is 6.92 Å². The molecule has 0 aliphatic heterocycles. The van der Waals surface area contributed by atoms with Crippen LogP contribution in [-0.2, 0) is 9.59 Å². The SMILES string of the molecule is C[C@@H]1CCC[C@H](C(=O)O)[C@@H]1C(=O)O. The molecule has 1 rings (SSSR count). The topological polar surface area (TPSA) is 74.6 Å². The van der Waals surface area contributed by atoms with E-state index in [0.29, 0.717) is 6.42 Å². The molecule has 0 spiro atoms. The molecule has 0 radical (unpaired) electrons. The molecule has 3 atom stereocenters. The average Bonchev–Trinajstić information content (AvgIpc) is 2.02. The lowest BCUT2D eigenvalue weighted by Gasteiger charge is -2.30. The summed E-state index contributed by atoms with van der Waals surface area (Å²) in [7, 11) is 0. The van der Waals surface area contributed by atoms with Crippen molar-refractivity contribution in [1.82, 2.24) is 0 Å². The third-order valence-corrected chi connectivity index (χ3v) is 2.82. The van der Waals surface area contributed by atoms with Crippen molar-refractivity contribution < 1.29 is 19.8 Å². The van der Waals surface area contributed by atoms with Crippen molar-refractivity contribution in [2.75, 3.05) is 0 Å². The highest BCUT2D eigenvalue weighted by Gasteiger charge is 2.39. The Kier molecular flexibility index (Phi) is 2.90. The van der Waals surface area contributed by atoms with Gasteiger partial charge in [0.05, 0.1) is 11.8 Å². The summed E-state index contributed by atoms with van der Waals surface area (Å²) in [5.41, 5.74) is 0. The second kappa shape index (κ2) is 3.77. The second-order valence-corrected chi connectivity index (χ2v) is 3.72. The summed E-state index contributed by atoms with van der Waals surface area (Å²) in [4.78, 5) is 21.6. The van der Waals surface area contributed by atoms with Crippen LogP contribution in [0.15, 0.2) is 0 Å². The minimum atomic E-state index is -0.973. The van der Waals surface area contributed by atoms with Gasteiger partial charge >= 0.3 is 11.9 Å². The average molecular weight is 186 g/mol. The quantitative estimate of drug-likeness (QED) is 0.679. The normalized spacial score (nSPS) is 34.1. The summed E-state index contributed by atoms with van der Waals surface area (Å²) in [6, 6.07) is 0. The molecule has 2 N–H and O–H groups in total. The van der Waals surface area contributed by atoms with E-state index < -0.39 is 23.8 Å². The molecule has 0 unspecified atom stereocenters. The molecule has 0 aromatic rings. The van der Waals surface area contributed by atoms with Gasteiger partial charge < -0.3 is 10.2 Å². The molecule has 0 aromatic heterocycles.